The van der Waals surface area contributed by atoms with Crippen molar-refractivity contribution in [2.45, 2.75) is 42.8 Å². The number of anilines is 1. The zero-order valence-electron chi connectivity index (χ0n) is 20.9. The Labute approximate surface area is 236 Å². The van der Waals surface area contributed by atoms with E-state index in [9.17, 15) is 29.4 Å². The Morgan fingerprint density at radius 3 is 2.67 bits per heavy atom. The third-order valence-electron chi connectivity index (χ3n) is 6.73. The van der Waals surface area contributed by atoms with Gasteiger partial charge < -0.3 is 30.9 Å². The van der Waals surface area contributed by atoms with Crippen LogP contribution < -0.4 is 20.7 Å². The fourth-order valence-corrected chi connectivity index (χ4v) is 6.28. The first-order chi connectivity index (χ1) is 19.2. The Hall–Kier alpha value is -4.24. The molecule has 2 aromatic heterocycles. The van der Waals surface area contributed by atoms with Gasteiger partial charge in [-0.2, -0.15) is 0 Å². The summed E-state index contributed by atoms with van der Waals surface area (Å²) in [5, 5.41) is 28.9. The van der Waals surface area contributed by atoms with E-state index in [0.717, 1.165) is 16.2 Å². The van der Waals surface area contributed by atoms with Crippen LogP contribution in [-0.2, 0) is 30.6 Å². The number of hydrogen-bond donors (Lipinski definition) is 3. The Balaban J connectivity index is 1.32. The lowest BCUT2D eigenvalue weighted by Crippen LogP contribution is -2.71. The van der Waals surface area contributed by atoms with Crippen LogP contribution in [0.4, 0.5) is 5.13 Å². The summed E-state index contributed by atoms with van der Waals surface area (Å²) < 4.78 is 1.90. The van der Waals surface area contributed by atoms with Gasteiger partial charge in [0.1, 0.15) is 17.1 Å². The Morgan fingerprint density at radius 1 is 1.32 bits per heavy atom. The molecule has 2 atom stereocenters. The molecule has 2 amide bonds. The number of thiazole rings is 1. The van der Waals surface area contributed by atoms with E-state index >= 15 is 0 Å². The van der Waals surface area contributed by atoms with Crippen molar-refractivity contribution < 1.29 is 38.8 Å². The second-order valence-electron chi connectivity index (χ2n) is 9.25. The number of amides is 2. The highest BCUT2D eigenvalue weighted by Crippen LogP contribution is 2.40. The topological polar surface area (TPSA) is 191 Å². The largest absolute Gasteiger partial charge is 0.543 e. The van der Waals surface area contributed by atoms with Crippen LogP contribution in [0.1, 0.15) is 25.0 Å². The van der Waals surface area contributed by atoms with Crippen molar-refractivity contribution in [1.82, 2.24) is 15.2 Å². The number of aromatic nitrogens is 2. The molecule has 3 aliphatic rings. The van der Waals surface area contributed by atoms with Gasteiger partial charge in [0, 0.05) is 36.1 Å². The third kappa shape index (κ3) is 5.16. The highest BCUT2D eigenvalue weighted by Gasteiger charge is 2.53. The summed E-state index contributed by atoms with van der Waals surface area (Å²) in [6.07, 6.45) is 8.27. The molecule has 1 aliphatic carbocycles. The van der Waals surface area contributed by atoms with Crippen molar-refractivity contribution in [1.29, 1.82) is 0 Å². The minimum absolute atomic E-state index is 0.0545. The first-order valence-corrected chi connectivity index (χ1v) is 14.1. The van der Waals surface area contributed by atoms with Crippen LogP contribution in [0.5, 0.6) is 0 Å². The van der Waals surface area contributed by atoms with Crippen LogP contribution in [0, 0.1) is 0 Å². The number of pyridine rings is 1. The molecular weight excluding hydrogens is 560 g/mol. The maximum Gasteiger partial charge on any atom is 0.350 e. The van der Waals surface area contributed by atoms with E-state index in [0.29, 0.717) is 18.5 Å². The number of nitrogens with one attached hydrogen (secondary N) is 1. The summed E-state index contributed by atoms with van der Waals surface area (Å²) in [6.45, 7) is 0.500. The summed E-state index contributed by atoms with van der Waals surface area (Å²) in [5.74, 6) is -3.89. The lowest BCUT2D eigenvalue weighted by Gasteiger charge is -2.50. The van der Waals surface area contributed by atoms with Crippen molar-refractivity contribution in [3.05, 3.63) is 65.1 Å². The number of aliphatic carboxylic acids is 2. The summed E-state index contributed by atoms with van der Waals surface area (Å²) in [4.78, 5) is 60.5. The average Bonchev–Trinajstić information content (AvgIpc) is 3.34. The molecule has 1 saturated heterocycles. The Bertz CT molecular complexity index is 1450. The summed E-state index contributed by atoms with van der Waals surface area (Å²) >= 11 is 2.33. The maximum absolute atomic E-state index is 13.2. The molecule has 1 unspecified atom stereocenters. The minimum Gasteiger partial charge on any atom is -0.543 e. The van der Waals surface area contributed by atoms with Gasteiger partial charge in [-0.05, 0) is 18.1 Å². The van der Waals surface area contributed by atoms with Crippen LogP contribution in [-0.4, -0.2) is 67.2 Å². The third-order valence-corrected chi connectivity index (χ3v) is 8.71. The van der Waals surface area contributed by atoms with Gasteiger partial charge in [0.25, 0.3) is 11.8 Å². The van der Waals surface area contributed by atoms with Gasteiger partial charge in [-0.15, -0.1) is 23.1 Å². The van der Waals surface area contributed by atoms with Gasteiger partial charge in [-0.3, -0.25) is 14.5 Å². The zero-order valence-corrected chi connectivity index (χ0v) is 22.5. The molecule has 15 heteroatoms. The fourth-order valence-electron chi connectivity index (χ4n) is 4.42. The number of carboxylic acid groups (broad SMARTS) is 2. The number of thioether (sulfide) groups is 1. The van der Waals surface area contributed by atoms with Gasteiger partial charge in [0.2, 0.25) is 5.60 Å². The number of carbonyl (C=O) groups excluding carboxylic acids is 3. The monoisotopic (exact) mass is 584 g/mol. The summed E-state index contributed by atoms with van der Waals surface area (Å²) in [6, 6.07) is 4.57. The number of carboxylic acids is 2. The van der Waals surface area contributed by atoms with E-state index in [-0.39, 0.29) is 40.8 Å². The standard InChI is InChI=1S/C25H24N6O7S2/c26-24-27-15(13-40-24)16(29-38-25(23(36)37)7-5-8-25)19(32)28-17-20(33)31-18(22(34)35)14(12-39-21(17)31)6-4-11-30-9-2-1-3-10-30/h1-4,6,9-10,13,17,21H,5,7-8,11-12H2,(H4-,26,27,28,32,34,35,36,37)/b6-4?,29-16-/t17?,21-/m0/s1. The van der Waals surface area contributed by atoms with Crippen molar-refractivity contribution in [3.63, 3.8) is 0 Å². The first-order valence-electron chi connectivity index (χ1n) is 12.2. The molecule has 4 heterocycles. The molecule has 2 aromatic rings. The molecule has 40 heavy (non-hydrogen) atoms. The molecule has 4 N–H and O–H groups in total. The molecule has 0 radical (unpaired) electrons. The van der Waals surface area contributed by atoms with Crippen molar-refractivity contribution in [2.24, 2.45) is 5.16 Å². The number of rotatable bonds is 10. The van der Waals surface area contributed by atoms with Gasteiger partial charge in [-0.1, -0.05) is 17.3 Å². The zero-order chi connectivity index (χ0) is 28.4. The average molecular weight is 585 g/mol. The number of nitrogen functional groups attached to an aromatic ring is 1. The van der Waals surface area contributed by atoms with Crippen LogP contribution in [0.2, 0.25) is 0 Å². The summed E-state index contributed by atoms with van der Waals surface area (Å²) in [5.41, 5.74) is 4.06. The Morgan fingerprint density at radius 2 is 2.08 bits per heavy atom. The molecule has 0 aromatic carbocycles. The number of fused-ring (bicyclic) bond motifs is 1. The molecule has 208 valence electrons. The number of allylic oxidation sites excluding steroid dienone is 2. The van der Waals surface area contributed by atoms with Crippen molar-refractivity contribution in [3.8, 4) is 0 Å². The van der Waals surface area contributed by atoms with Gasteiger partial charge in [0.15, 0.2) is 29.8 Å². The number of nitrogens with zero attached hydrogens (tertiary/aromatic N) is 4. The smallest absolute Gasteiger partial charge is 0.350 e. The highest BCUT2D eigenvalue weighted by atomic mass is 32.2. The van der Waals surface area contributed by atoms with Gasteiger partial charge in [-0.25, -0.2) is 14.3 Å². The van der Waals surface area contributed by atoms with E-state index in [2.05, 4.69) is 15.5 Å². The lowest BCUT2D eigenvalue weighted by molar-refractivity contribution is -0.687. The highest BCUT2D eigenvalue weighted by molar-refractivity contribution is 8.00. The second kappa shape index (κ2) is 11.1. The molecule has 0 spiro atoms. The van der Waals surface area contributed by atoms with E-state index in [1.807, 2.05) is 35.2 Å². The van der Waals surface area contributed by atoms with Crippen LogP contribution in [0.15, 0.2) is 64.6 Å². The molecule has 0 bridgehead atoms. The van der Waals surface area contributed by atoms with Gasteiger partial charge >= 0.3 is 5.97 Å². The number of β-lactam (4-membered cyclic amide) rings is 1. The van der Waals surface area contributed by atoms with E-state index in [4.69, 9.17) is 10.6 Å². The SMILES string of the molecule is Nc1nc(/C(=N/OC2(C(=O)O)CCC2)C(=O)NC2C(=O)N3C(C(=O)[O-])=C(C=CC[n+]4ccccc4)CS[C@@H]23)cs1. The first kappa shape index (κ1) is 27.3. The minimum atomic E-state index is -1.54. The van der Waals surface area contributed by atoms with Crippen molar-refractivity contribution >= 4 is 57.7 Å². The van der Waals surface area contributed by atoms with Crippen LogP contribution in [0.25, 0.3) is 0 Å². The van der Waals surface area contributed by atoms with E-state index < -0.39 is 40.8 Å². The summed E-state index contributed by atoms with van der Waals surface area (Å²) in [7, 11) is 0. The number of oxime groups is 1. The molecule has 1 saturated carbocycles. The van der Waals surface area contributed by atoms with E-state index in [1.54, 1.807) is 12.2 Å². The molecule has 2 aliphatic heterocycles. The fraction of sp³-hybridized carbons (Fsp3) is 0.320. The lowest BCUT2D eigenvalue weighted by atomic mass is 9.80. The Kier molecular flexibility index (Phi) is 7.58. The maximum atomic E-state index is 13.2. The number of hydrogen-bond acceptors (Lipinski definition) is 11. The van der Waals surface area contributed by atoms with Gasteiger partial charge in [0.05, 0.1) is 11.7 Å². The number of carbonyl (C=O) groups is 4. The quantitative estimate of drug-likeness (QED) is 0.141. The van der Waals surface area contributed by atoms with E-state index in [1.165, 1.54) is 17.1 Å². The predicted octanol–water partition coefficient (Wildman–Crippen LogP) is -0.599. The predicted molar refractivity (Wildman–Crippen MR) is 141 cm³/mol. The second-order valence-corrected chi connectivity index (χ2v) is 11.2. The molecular formula is C25H24N6O7S2. The number of nitrogens with two attached hydrogens (primary N) is 1. The van der Waals surface area contributed by atoms with Crippen LogP contribution in [0.3, 0.4) is 0 Å². The van der Waals surface area contributed by atoms with Crippen LogP contribution >= 0.6 is 23.1 Å². The molecule has 5 rings (SSSR count). The van der Waals surface area contributed by atoms with Crippen molar-refractivity contribution in [2.75, 3.05) is 11.5 Å². The molecule has 13 nitrogen and oxygen atoms in total. The normalized spacial score (nSPS) is 21.9. The molecule has 2 fully saturated rings.